The van der Waals surface area contributed by atoms with Gasteiger partial charge in [-0.1, -0.05) is 54.6 Å². The first kappa shape index (κ1) is 16.0. The van der Waals surface area contributed by atoms with E-state index in [0.29, 0.717) is 0 Å². The van der Waals surface area contributed by atoms with Gasteiger partial charge in [-0.2, -0.15) is 0 Å². The highest BCUT2D eigenvalue weighted by atomic mass is 35.5. The zero-order valence-corrected chi connectivity index (χ0v) is 15.5. The second-order valence-corrected chi connectivity index (χ2v) is 7.26. The van der Waals surface area contributed by atoms with Gasteiger partial charge in [0.2, 0.25) is 0 Å². The molecule has 3 aromatic rings. The lowest BCUT2D eigenvalue weighted by molar-refractivity contribution is 0.845. The smallest absolute Gasteiger partial charge is 0.123 e. The van der Waals surface area contributed by atoms with Crippen molar-refractivity contribution >= 4 is 28.7 Å². The zero-order chi connectivity index (χ0) is 17.6. The average molecular weight is 349 g/mol. The number of hydrogen-bond donors (Lipinski definition) is 0. The molecule has 1 atom stereocenters. The maximum atomic E-state index is 7.42. The minimum Gasteiger partial charge on any atom is -0.378 e. The number of nitrogens with zero attached hydrogens (tertiary/aromatic N) is 2. The highest BCUT2D eigenvalue weighted by Crippen LogP contribution is 2.54. The Bertz CT molecular complexity index is 920. The molecule has 0 radical (unpaired) electrons. The summed E-state index contributed by atoms with van der Waals surface area (Å²) in [5.41, 5.74) is 6.78. The Kier molecular flexibility index (Phi) is 3.73. The Morgan fingerprint density at radius 1 is 0.800 bits per heavy atom. The largest absolute Gasteiger partial charge is 0.378 e. The van der Waals surface area contributed by atoms with Gasteiger partial charge in [-0.25, -0.2) is 0 Å². The molecule has 1 aliphatic heterocycles. The van der Waals surface area contributed by atoms with Crippen molar-refractivity contribution in [2.24, 2.45) is 0 Å². The maximum absolute atomic E-state index is 7.42. The Balaban J connectivity index is 2.05. The Hall–Kier alpha value is -2.45. The molecule has 0 fully saturated rings. The van der Waals surface area contributed by atoms with Crippen LogP contribution in [0, 0.1) is 0 Å². The lowest BCUT2D eigenvalue weighted by Crippen LogP contribution is -2.32. The maximum Gasteiger partial charge on any atom is 0.123 e. The summed E-state index contributed by atoms with van der Waals surface area (Å²) in [6.45, 7) is 0. The van der Waals surface area contributed by atoms with E-state index in [1.807, 2.05) is 18.2 Å². The van der Waals surface area contributed by atoms with Gasteiger partial charge in [0.25, 0.3) is 0 Å². The van der Waals surface area contributed by atoms with E-state index in [4.69, 9.17) is 11.6 Å². The summed E-state index contributed by atoms with van der Waals surface area (Å²) in [5.74, 6) is 0. The van der Waals surface area contributed by atoms with Gasteiger partial charge in [0.15, 0.2) is 0 Å². The quantitative estimate of drug-likeness (QED) is 0.575. The monoisotopic (exact) mass is 348 g/mol. The van der Waals surface area contributed by atoms with E-state index in [2.05, 4.69) is 85.5 Å². The predicted octanol–water partition coefficient (Wildman–Crippen LogP) is 5.36. The van der Waals surface area contributed by atoms with Crippen LogP contribution in [0.2, 0.25) is 0 Å². The summed E-state index contributed by atoms with van der Waals surface area (Å²) in [6.07, 6.45) is 0. The number of benzene rings is 3. The van der Waals surface area contributed by atoms with Crippen molar-refractivity contribution in [3.63, 3.8) is 0 Å². The molecule has 1 aliphatic rings. The molecule has 3 heteroatoms. The highest BCUT2D eigenvalue weighted by molar-refractivity contribution is 6.29. The van der Waals surface area contributed by atoms with E-state index >= 15 is 0 Å². The third kappa shape index (κ3) is 2.32. The topological polar surface area (TPSA) is 6.48 Å². The van der Waals surface area contributed by atoms with E-state index in [1.165, 1.54) is 0 Å². The summed E-state index contributed by atoms with van der Waals surface area (Å²) >= 11 is 7.42. The van der Waals surface area contributed by atoms with Gasteiger partial charge >= 0.3 is 0 Å². The number of para-hydroxylation sites is 1. The standard InChI is InChI=1S/C22H21ClN2/c1-24(2)17-13-14-19-21(15-17)25(3)20-12-8-7-11-18(20)22(19,23)16-9-5-4-6-10-16/h4-15H,1-3H3/t22-/m1/s1. The minimum atomic E-state index is -0.690. The summed E-state index contributed by atoms with van der Waals surface area (Å²) in [4.78, 5) is 3.67. The second-order valence-electron chi connectivity index (χ2n) is 6.70. The van der Waals surface area contributed by atoms with Gasteiger partial charge in [-0.3, -0.25) is 0 Å². The molecule has 0 N–H and O–H groups in total. The first-order chi connectivity index (χ1) is 12.0. The normalized spacial score (nSPS) is 18.5. The molecule has 0 saturated carbocycles. The van der Waals surface area contributed by atoms with Crippen molar-refractivity contribution in [2.45, 2.75) is 4.87 Å². The molecule has 3 aromatic carbocycles. The average Bonchev–Trinajstić information content (AvgIpc) is 2.66. The molecule has 126 valence electrons. The highest BCUT2D eigenvalue weighted by Gasteiger charge is 2.42. The van der Waals surface area contributed by atoms with Crippen LogP contribution >= 0.6 is 11.6 Å². The fourth-order valence-corrected chi connectivity index (χ4v) is 4.12. The number of anilines is 3. The second kappa shape index (κ2) is 5.82. The molecular formula is C22H21ClN2. The van der Waals surface area contributed by atoms with Crippen molar-refractivity contribution < 1.29 is 0 Å². The van der Waals surface area contributed by atoms with Crippen molar-refractivity contribution in [1.82, 2.24) is 0 Å². The number of fused-ring (bicyclic) bond motifs is 2. The summed E-state index contributed by atoms with van der Waals surface area (Å²) in [7, 11) is 6.23. The summed E-state index contributed by atoms with van der Waals surface area (Å²) in [5, 5.41) is 0. The number of hydrogen-bond acceptors (Lipinski definition) is 2. The predicted molar refractivity (Wildman–Crippen MR) is 107 cm³/mol. The molecule has 0 unspecified atom stereocenters. The Morgan fingerprint density at radius 3 is 2.16 bits per heavy atom. The van der Waals surface area contributed by atoms with Crippen LogP contribution in [-0.2, 0) is 4.87 Å². The van der Waals surface area contributed by atoms with Gasteiger partial charge in [0.05, 0.1) is 0 Å². The fourth-order valence-electron chi connectivity index (χ4n) is 3.68. The van der Waals surface area contributed by atoms with E-state index in [-0.39, 0.29) is 0 Å². The number of rotatable bonds is 2. The minimum absolute atomic E-state index is 0.690. The molecule has 25 heavy (non-hydrogen) atoms. The lowest BCUT2D eigenvalue weighted by Gasteiger charge is -2.41. The van der Waals surface area contributed by atoms with Gasteiger partial charge < -0.3 is 9.80 Å². The molecule has 1 heterocycles. The van der Waals surface area contributed by atoms with E-state index in [9.17, 15) is 0 Å². The molecular weight excluding hydrogens is 328 g/mol. The lowest BCUT2D eigenvalue weighted by atomic mass is 9.79. The van der Waals surface area contributed by atoms with Crippen molar-refractivity contribution in [3.8, 4) is 0 Å². The van der Waals surface area contributed by atoms with Crippen LogP contribution in [0.3, 0.4) is 0 Å². The van der Waals surface area contributed by atoms with Gasteiger partial charge in [0.1, 0.15) is 4.87 Å². The number of halogens is 1. The Morgan fingerprint density at radius 2 is 1.44 bits per heavy atom. The van der Waals surface area contributed by atoms with E-state index in [1.54, 1.807) is 0 Å². The molecule has 0 aliphatic carbocycles. The first-order valence-corrected chi connectivity index (χ1v) is 8.81. The molecule has 0 bridgehead atoms. The first-order valence-electron chi connectivity index (χ1n) is 8.43. The fraction of sp³-hybridized carbons (Fsp3) is 0.182. The van der Waals surface area contributed by atoms with Crippen LogP contribution in [-0.4, -0.2) is 21.1 Å². The van der Waals surface area contributed by atoms with Crippen LogP contribution in [0.4, 0.5) is 17.1 Å². The molecule has 4 rings (SSSR count). The van der Waals surface area contributed by atoms with E-state index in [0.717, 1.165) is 33.8 Å². The van der Waals surface area contributed by atoms with Crippen molar-refractivity contribution in [2.75, 3.05) is 30.9 Å². The molecule has 0 saturated heterocycles. The molecule has 0 amide bonds. The van der Waals surface area contributed by atoms with Crippen LogP contribution in [0.15, 0.2) is 72.8 Å². The third-order valence-electron chi connectivity index (χ3n) is 5.04. The zero-order valence-electron chi connectivity index (χ0n) is 14.7. The molecule has 0 spiro atoms. The summed E-state index contributed by atoms with van der Waals surface area (Å²) < 4.78 is 0. The number of alkyl halides is 1. The molecule has 2 nitrogen and oxygen atoms in total. The van der Waals surface area contributed by atoms with Gasteiger partial charge in [0, 0.05) is 49.3 Å². The summed E-state index contributed by atoms with van der Waals surface area (Å²) in [6, 6.07) is 25.3. The van der Waals surface area contributed by atoms with Crippen LogP contribution < -0.4 is 9.80 Å². The third-order valence-corrected chi connectivity index (χ3v) is 5.66. The van der Waals surface area contributed by atoms with Crippen molar-refractivity contribution in [3.05, 3.63) is 89.5 Å². The van der Waals surface area contributed by atoms with Crippen LogP contribution in [0.1, 0.15) is 16.7 Å². The Labute approximate surface area is 154 Å². The van der Waals surface area contributed by atoms with Gasteiger partial charge in [-0.15, -0.1) is 11.6 Å². The molecule has 0 aromatic heterocycles. The van der Waals surface area contributed by atoms with E-state index < -0.39 is 4.87 Å². The van der Waals surface area contributed by atoms with Crippen LogP contribution in [0.5, 0.6) is 0 Å². The van der Waals surface area contributed by atoms with Gasteiger partial charge in [-0.05, 0) is 23.8 Å². The van der Waals surface area contributed by atoms with Crippen LogP contribution in [0.25, 0.3) is 0 Å². The van der Waals surface area contributed by atoms with Crippen molar-refractivity contribution in [1.29, 1.82) is 0 Å². The SMILES string of the molecule is CN(C)c1ccc2c(c1)N(C)c1ccccc1[C@]2(Cl)c1ccccc1.